The second-order valence-electron chi connectivity index (χ2n) is 11.2. The minimum Gasteiger partial charge on any atom is -0.465 e. The van der Waals surface area contributed by atoms with E-state index in [0.29, 0.717) is 36.4 Å². The number of piperazine rings is 1. The molecule has 1 amide bonds. The van der Waals surface area contributed by atoms with E-state index in [2.05, 4.69) is 20.2 Å². The van der Waals surface area contributed by atoms with Gasteiger partial charge in [-0.1, -0.05) is 24.3 Å². The molecule has 0 bridgehead atoms. The Bertz CT molecular complexity index is 1460. The molecule has 0 radical (unpaired) electrons. The molecule has 1 aliphatic heterocycles. The highest BCUT2D eigenvalue weighted by Gasteiger charge is 2.26. The van der Waals surface area contributed by atoms with Crippen molar-refractivity contribution in [2.24, 2.45) is 0 Å². The van der Waals surface area contributed by atoms with E-state index in [-0.39, 0.29) is 35.6 Å². The topological polar surface area (TPSA) is 143 Å². The van der Waals surface area contributed by atoms with Crippen molar-refractivity contribution in [3.63, 3.8) is 0 Å². The predicted octanol–water partition coefficient (Wildman–Crippen LogP) is 4.40. The number of esters is 2. The first kappa shape index (κ1) is 32.4. The molecule has 1 fully saturated rings. The van der Waals surface area contributed by atoms with Crippen molar-refractivity contribution >= 4 is 29.5 Å². The first-order valence-corrected chi connectivity index (χ1v) is 14.4. The summed E-state index contributed by atoms with van der Waals surface area (Å²) in [6.07, 6.45) is -0.287. The Balaban J connectivity index is 1.50. The fourth-order valence-electron chi connectivity index (χ4n) is 4.64. The summed E-state index contributed by atoms with van der Waals surface area (Å²) < 4.78 is 15.5. The lowest BCUT2D eigenvalue weighted by Gasteiger charge is -2.35. The molecular weight excluding hydrogens is 566 g/mol. The molecule has 3 aromatic rings. The number of amides is 1. The summed E-state index contributed by atoms with van der Waals surface area (Å²) in [5.41, 5.74) is 2.32. The Kier molecular flexibility index (Phi) is 10.5. The van der Waals surface area contributed by atoms with Crippen LogP contribution in [0, 0.1) is 0 Å². The Morgan fingerprint density at radius 2 is 1.59 bits per heavy atom. The van der Waals surface area contributed by atoms with Gasteiger partial charge in [-0.15, -0.1) is 0 Å². The maximum absolute atomic E-state index is 12.9. The van der Waals surface area contributed by atoms with Gasteiger partial charge in [-0.2, -0.15) is 0 Å². The SMILES string of the molecule is CCOC(=O)c1c(CO)nc(-c2ccc(C(=O)OC)cc2)nc1Nc1ccc(CN2CCN(C(=O)OC(C)(C)C)CC2)cc1. The Morgan fingerprint density at radius 3 is 2.16 bits per heavy atom. The third-order valence-corrected chi connectivity index (χ3v) is 6.82. The van der Waals surface area contributed by atoms with Crippen LogP contribution in [-0.4, -0.2) is 88.4 Å². The first-order chi connectivity index (χ1) is 21.0. The van der Waals surface area contributed by atoms with E-state index in [1.165, 1.54) is 7.11 Å². The van der Waals surface area contributed by atoms with E-state index in [1.54, 1.807) is 36.1 Å². The first-order valence-electron chi connectivity index (χ1n) is 14.4. The number of hydrogen-bond donors (Lipinski definition) is 2. The van der Waals surface area contributed by atoms with Crippen molar-refractivity contribution in [1.82, 2.24) is 19.8 Å². The van der Waals surface area contributed by atoms with Crippen LogP contribution < -0.4 is 5.32 Å². The van der Waals surface area contributed by atoms with Crippen LogP contribution in [-0.2, 0) is 27.4 Å². The molecule has 0 atom stereocenters. The van der Waals surface area contributed by atoms with E-state index in [9.17, 15) is 19.5 Å². The van der Waals surface area contributed by atoms with Gasteiger partial charge in [0.15, 0.2) is 5.82 Å². The molecular formula is C32H39N5O7. The van der Waals surface area contributed by atoms with Crippen LogP contribution >= 0.6 is 0 Å². The minimum absolute atomic E-state index is 0.0382. The lowest BCUT2D eigenvalue weighted by atomic mass is 10.1. The number of rotatable bonds is 9. The van der Waals surface area contributed by atoms with Crippen molar-refractivity contribution in [3.8, 4) is 11.4 Å². The van der Waals surface area contributed by atoms with Gasteiger partial charge in [-0.25, -0.2) is 24.4 Å². The highest BCUT2D eigenvalue weighted by Crippen LogP contribution is 2.27. The van der Waals surface area contributed by atoms with E-state index in [4.69, 9.17) is 14.2 Å². The minimum atomic E-state index is -0.659. The molecule has 0 saturated carbocycles. The third-order valence-electron chi connectivity index (χ3n) is 6.82. The lowest BCUT2D eigenvalue weighted by Crippen LogP contribution is -2.49. The van der Waals surface area contributed by atoms with Gasteiger partial charge < -0.3 is 29.5 Å². The third kappa shape index (κ3) is 8.29. The van der Waals surface area contributed by atoms with Gasteiger partial charge in [0.1, 0.15) is 17.0 Å². The van der Waals surface area contributed by atoms with Gasteiger partial charge in [0, 0.05) is 44.0 Å². The number of aliphatic hydroxyl groups excluding tert-OH is 1. The molecule has 12 nitrogen and oxygen atoms in total. The zero-order valence-corrected chi connectivity index (χ0v) is 25.8. The quantitative estimate of drug-likeness (QED) is 0.265. The number of nitrogens with zero attached hydrogens (tertiary/aromatic N) is 4. The van der Waals surface area contributed by atoms with Crippen LogP contribution in [0.5, 0.6) is 0 Å². The van der Waals surface area contributed by atoms with Crippen molar-refractivity contribution in [1.29, 1.82) is 0 Å². The highest BCUT2D eigenvalue weighted by atomic mass is 16.6. The molecule has 2 N–H and O–H groups in total. The molecule has 12 heteroatoms. The molecule has 4 rings (SSSR count). The summed E-state index contributed by atoms with van der Waals surface area (Å²) in [7, 11) is 1.31. The molecule has 44 heavy (non-hydrogen) atoms. The van der Waals surface area contributed by atoms with Crippen LogP contribution in [0.2, 0.25) is 0 Å². The fraction of sp³-hybridized carbons (Fsp3) is 0.406. The monoisotopic (exact) mass is 605 g/mol. The molecule has 0 unspecified atom stereocenters. The van der Waals surface area contributed by atoms with E-state index in [0.717, 1.165) is 18.7 Å². The van der Waals surface area contributed by atoms with Crippen molar-refractivity contribution in [2.45, 2.75) is 46.4 Å². The zero-order chi connectivity index (χ0) is 31.9. The molecule has 0 spiro atoms. The molecule has 2 aromatic carbocycles. The average molecular weight is 606 g/mol. The average Bonchev–Trinajstić information content (AvgIpc) is 3.01. The number of carbonyl (C=O) groups is 3. The van der Waals surface area contributed by atoms with Gasteiger partial charge in [0.05, 0.1) is 31.6 Å². The number of hydrogen-bond acceptors (Lipinski definition) is 11. The van der Waals surface area contributed by atoms with Gasteiger partial charge in [0.2, 0.25) is 0 Å². The number of benzene rings is 2. The normalized spacial score (nSPS) is 13.7. The van der Waals surface area contributed by atoms with Crippen LogP contribution in [0.1, 0.15) is 59.7 Å². The summed E-state index contributed by atoms with van der Waals surface area (Å²) in [5.74, 6) is -0.697. The molecule has 1 saturated heterocycles. The second-order valence-corrected chi connectivity index (χ2v) is 11.2. The molecule has 234 valence electrons. The fourth-order valence-corrected chi connectivity index (χ4v) is 4.64. The maximum Gasteiger partial charge on any atom is 0.410 e. The van der Waals surface area contributed by atoms with Crippen molar-refractivity contribution in [2.75, 3.05) is 45.2 Å². The van der Waals surface area contributed by atoms with Gasteiger partial charge in [0.25, 0.3) is 0 Å². The smallest absolute Gasteiger partial charge is 0.410 e. The largest absolute Gasteiger partial charge is 0.465 e. The number of aliphatic hydroxyl groups is 1. The summed E-state index contributed by atoms with van der Waals surface area (Å²) >= 11 is 0. The summed E-state index contributed by atoms with van der Waals surface area (Å²) in [6.45, 7) is 10.3. The molecule has 2 heterocycles. The summed E-state index contributed by atoms with van der Waals surface area (Å²) in [5, 5.41) is 13.3. The Morgan fingerprint density at radius 1 is 0.932 bits per heavy atom. The predicted molar refractivity (Wildman–Crippen MR) is 163 cm³/mol. The van der Waals surface area contributed by atoms with E-state index >= 15 is 0 Å². The number of anilines is 2. The maximum atomic E-state index is 12.9. The van der Waals surface area contributed by atoms with E-state index in [1.807, 2.05) is 45.0 Å². The van der Waals surface area contributed by atoms with Gasteiger partial charge in [-0.3, -0.25) is 4.90 Å². The number of methoxy groups -OCH3 is 1. The van der Waals surface area contributed by atoms with Crippen molar-refractivity contribution in [3.05, 3.63) is 70.9 Å². The number of carbonyl (C=O) groups excluding carboxylic acids is 3. The van der Waals surface area contributed by atoms with Gasteiger partial charge >= 0.3 is 18.0 Å². The Labute approximate surface area is 257 Å². The number of aromatic nitrogens is 2. The van der Waals surface area contributed by atoms with Crippen LogP contribution in [0.3, 0.4) is 0 Å². The summed E-state index contributed by atoms with van der Waals surface area (Å²) in [6, 6.07) is 14.2. The van der Waals surface area contributed by atoms with Gasteiger partial charge in [-0.05, 0) is 57.5 Å². The number of nitrogens with one attached hydrogen (secondary N) is 1. The number of ether oxygens (including phenoxy) is 3. The highest BCUT2D eigenvalue weighted by molar-refractivity contribution is 5.97. The molecule has 0 aliphatic carbocycles. The van der Waals surface area contributed by atoms with Crippen LogP contribution in [0.4, 0.5) is 16.3 Å². The van der Waals surface area contributed by atoms with Crippen molar-refractivity contribution < 1.29 is 33.7 Å². The second kappa shape index (κ2) is 14.3. The standard InChI is InChI=1S/C32H39N5O7/c1-6-43-30(40)26-25(20-38)34-27(22-9-11-23(12-10-22)29(39)42-5)35-28(26)33-24-13-7-21(8-14-24)19-36-15-17-37(18-16-36)31(41)44-32(2,3)4/h7-14,38H,6,15-20H2,1-5H3,(H,33,34,35). The van der Waals surface area contributed by atoms with Crippen LogP contribution in [0.25, 0.3) is 11.4 Å². The molecule has 1 aliphatic rings. The lowest BCUT2D eigenvalue weighted by molar-refractivity contribution is 0.0138. The molecule has 1 aromatic heterocycles. The zero-order valence-electron chi connectivity index (χ0n) is 25.8. The Hall–Kier alpha value is -4.55. The van der Waals surface area contributed by atoms with Crippen LogP contribution in [0.15, 0.2) is 48.5 Å². The summed E-state index contributed by atoms with van der Waals surface area (Å²) in [4.78, 5) is 50.2. The van der Waals surface area contributed by atoms with E-state index < -0.39 is 24.1 Å².